The zero-order valence-electron chi connectivity index (χ0n) is 10.6. The summed E-state index contributed by atoms with van der Waals surface area (Å²) in [6.07, 6.45) is 2.33. The van der Waals surface area contributed by atoms with Gasteiger partial charge >= 0.3 is 0 Å². The Kier molecular flexibility index (Phi) is 7.16. The smallest absolute Gasteiger partial charge is 0.156 e. The highest BCUT2D eigenvalue weighted by molar-refractivity contribution is 6.40. The molecule has 0 heterocycles. The SMILES string of the molecule is CCCC(C)NCCOc1c(Cl)cc(Cl)cc1Cl. The fraction of sp³-hybridized carbons (Fsp3) is 0.538. The van der Waals surface area contributed by atoms with Crippen molar-refractivity contribution in [3.05, 3.63) is 27.2 Å². The van der Waals surface area contributed by atoms with Gasteiger partial charge in [-0.1, -0.05) is 48.1 Å². The van der Waals surface area contributed by atoms with Gasteiger partial charge < -0.3 is 10.1 Å². The summed E-state index contributed by atoms with van der Waals surface area (Å²) in [5, 5.41) is 4.75. The van der Waals surface area contributed by atoms with Crippen LogP contribution in [0.25, 0.3) is 0 Å². The molecule has 0 radical (unpaired) electrons. The van der Waals surface area contributed by atoms with Crippen LogP contribution in [0.1, 0.15) is 26.7 Å². The van der Waals surface area contributed by atoms with Crippen LogP contribution in [0.2, 0.25) is 15.1 Å². The van der Waals surface area contributed by atoms with E-state index in [4.69, 9.17) is 39.5 Å². The number of ether oxygens (including phenoxy) is 1. The molecular formula is C13H18Cl3NO. The minimum absolute atomic E-state index is 0.439. The second kappa shape index (κ2) is 8.11. The van der Waals surface area contributed by atoms with Crippen LogP contribution in [-0.4, -0.2) is 19.2 Å². The van der Waals surface area contributed by atoms with Crippen molar-refractivity contribution in [2.75, 3.05) is 13.2 Å². The summed E-state index contributed by atoms with van der Waals surface area (Å²) < 4.78 is 5.57. The van der Waals surface area contributed by atoms with E-state index in [1.807, 2.05) is 0 Å². The van der Waals surface area contributed by atoms with Crippen molar-refractivity contribution in [1.29, 1.82) is 0 Å². The van der Waals surface area contributed by atoms with Gasteiger partial charge in [0.2, 0.25) is 0 Å². The van der Waals surface area contributed by atoms with E-state index in [1.54, 1.807) is 12.1 Å². The topological polar surface area (TPSA) is 21.3 Å². The summed E-state index contributed by atoms with van der Waals surface area (Å²) in [6, 6.07) is 3.74. The molecule has 0 saturated heterocycles. The molecule has 1 aromatic carbocycles. The van der Waals surface area contributed by atoms with Gasteiger partial charge in [0.05, 0.1) is 10.0 Å². The third-order valence-electron chi connectivity index (χ3n) is 2.53. The summed E-state index contributed by atoms with van der Waals surface area (Å²) in [7, 11) is 0. The predicted molar refractivity (Wildman–Crippen MR) is 79.3 cm³/mol. The Morgan fingerprint density at radius 2 is 1.83 bits per heavy atom. The Hall–Kier alpha value is -0.150. The lowest BCUT2D eigenvalue weighted by Crippen LogP contribution is -2.30. The Labute approximate surface area is 124 Å². The molecule has 102 valence electrons. The van der Waals surface area contributed by atoms with Gasteiger partial charge in [0, 0.05) is 17.6 Å². The first-order valence-electron chi connectivity index (χ1n) is 6.05. The van der Waals surface area contributed by atoms with Crippen molar-refractivity contribution >= 4 is 34.8 Å². The monoisotopic (exact) mass is 309 g/mol. The highest BCUT2D eigenvalue weighted by Gasteiger charge is 2.09. The standard InChI is InChI=1S/C13H18Cl3NO/c1-3-4-9(2)17-5-6-18-13-11(15)7-10(14)8-12(13)16/h7-9,17H,3-6H2,1-2H3. The summed E-state index contributed by atoms with van der Waals surface area (Å²) in [5.74, 6) is 0.493. The predicted octanol–water partition coefficient (Wildman–Crippen LogP) is 4.80. The molecule has 1 rings (SSSR count). The van der Waals surface area contributed by atoms with E-state index in [9.17, 15) is 0 Å². The van der Waals surface area contributed by atoms with Gasteiger partial charge in [-0.25, -0.2) is 0 Å². The molecular weight excluding hydrogens is 293 g/mol. The highest BCUT2D eigenvalue weighted by Crippen LogP contribution is 2.35. The highest BCUT2D eigenvalue weighted by atomic mass is 35.5. The average molecular weight is 311 g/mol. The van der Waals surface area contributed by atoms with Crippen molar-refractivity contribution < 1.29 is 4.74 Å². The summed E-state index contributed by atoms with van der Waals surface area (Å²) in [6.45, 7) is 5.61. The van der Waals surface area contributed by atoms with Gasteiger partial charge in [-0.05, 0) is 25.5 Å². The zero-order valence-corrected chi connectivity index (χ0v) is 12.9. The molecule has 1 aromatic rings. The Morgan fingerprint density at radius 1 is 1.22 bits per heavy atom. The summed E-state index contributed by atoms with van der Waals surface area (Å²) >= 11 is 17.8. The first-order chi connectivity index (χ1) is 8.54. The number of hydrogen-bond acceptors (Lipinski definition) is 2. The van der Waals surface area contributed by atoms with Crippen LogP contribution in [0.15, 0.2) is 12.1 Å². The number of nitrogens with one attached hydrogen (secondary N) is 1. The molecule has 0 bridgehead atoms. The molecule has 0 aromatic heterocycles. The minimum Gasteiger partial charge on any atom is -0.489 e. The summed E-state index contributed by atoms with van der Waals surface area (Å²) in [4.78, 5) is 0. The molecule has 18 heavy (non-hydrogen) atoms. The maximum Gasteiger partial charge on any atom is 0.156 e. The molecule has 0 aliphatic heterocycles. The van der Waals surface area contributed by atoms with Gasteiger partial charge in [0.15, 0.2) is 5.75 Å². The Balaban J connectivity index is 2.40. The van der Waals surface area contributed by atoms with Crippen molar-refractivity contribution in [2.45, 2.75) is 32.7 Å². The van der Waals surface area contributed by atoms with Crippen LogP contribution in [0.3, 0.4) is 0 Å². The van der Waals surface area contributed by atoms with Crippen molar-refractivity contribution in [3.8, 4) is 5.75 Å². The zero-order chi connectivity index (χ0) is 13.5. The van der Waals surface area contributed by atoms with E-state index in [2.05, 4.69) is 19.2 Å². The van der Waals surface area contributed by atoms with Crippen LogP contribution in [0.5, 0.6) is 5.75 Å². The molecule has 1 unspecified atom stereocenters. The molecule has 0 saturated carbocycles. The first-order valence-corrected chi connectivity index (χ1v) is 7.18. The maximum absolute atomic E-state index is 6.01. The minimum atomic E-state index is 0.439. The van der Waals surface area contributed by atoms with Crippen LogP contribution >= 0.6 is 34.8 Å². The van der Waals surface area contributed by atoms with E-state index in [-0.39, 0.29) is 0 Å². The average Bonchev–Trinajstić information content (AvgIpc) is 2.27. The fourth-order valence-corrected chi connectivity index (χ4v) is 2.59. The van der Waals surface area contributed by atoms with Gasteiger partial charge in [-0.15, -0.1) is 0 Å². The van der Waals surface area contributed by atoms with Gasteiger partial charge in [0.1, 0.15) is 6.61 Å². The lowest BCUT2D eigenvalue weighted by atomic mass is 10.2. The van der Waals surface area contributed by atoms with E-state index >= 15 is 0 Å². The summed E-state index contributed by atoms with van der Waals surface area (Å²) in [5.41, 5.74) is 0. The number of rotatable bonds is 7. The van der Waals surface area contributed by atoms with E-state index < -0.39 is 0 Å². The van der Waals surface area contributed by atoms with Gasteiger partial charge in [-0.2, -0.15) is 0 Å². The lowest BCUT2D eigenvalue weighted by Gasteiger charge is -2.14. The van der Waals surface area contributed by atoms with Crippen LogP contribution in [0, 0.1) is 0 Å². The van der Waals surface area contributed by atoms with E-state index in [0.717, 1.165) is 13.0 Å². The first kappa shape index (κ1) is 15.9. The fourth-order valence-electron chi connectivity index (χ4n) is 1.66. The largest absolute Gasteiger partial charge is 0.489 e. The lowest BCUT2D eigenvalue weighted by molar-refractivity contribution is 0.305. The number of hydrogen-bond donors (Lipinski definition) is 1. The molecule has 0 spiro atoms. The third kappa shape index (κ3) is 5.23. The molecule has 0 aliphatic carbocycles. The van der Waals surface area contributed by atoms with Crippen LogP contribution in [0.4, 0.5) is 0 Å². The maximum atomic E-state index is 6.01. The Morgan fingerprint density at radius 3 is 2.39 bits per heavy atom. The molecule has 1 N–H and O–H groups in total. The molecule has 5 heteroatoms. The van der Waals surface area contributed by atoms with Crippen molar-refractivity contribution in [3.63, 3.8) is 0 Å². The number of halogens is 3. The van der Waals surface area contributed by atoms with Gasteiger partial charge in [0.25, 0.3) is 0 Å². The second-order valence-electron chi connectivity index (χ2n) is 4.19. The number of benzene rings is 1. The normalized spacial score (nSPS) is 12.5. The third-order valence-corrected chi connectivity index (χ3v) is 3.31. The second-order valence-corrected chi connectivity index (χ2v) is 5.44. The molecule has 1 atom stereocenters. The quantitative estimate of drug-likeness (QED) is 0.730. The Bertz CT molecular complexity index is 361. The molecule has 0 amide bonds. The molecule has 0 aliphatic rings. The van der Waals surface area contributed by atoms with Crippen LogP contribution in [-0.2, 0) is 0 Å². The van der Waals surface area contributed by atoms with Crippen molar-refractivity contribution in [2.24, 2.45) is 0 Å². The van der Waals surface area contributed by atoms with E-state index in [1.165, 1.54) is 6.42 Å². The van der Waals surface area contributed by atoms with Crippen molar-refractivity contribution in [1.82, 2.24) is 5.32 Å². The molecule has 2 nitrogen and oxygen atoms in total. The van der Waals surface area contributed by atoms with Gasteiger partial charge in [-0.3, -0.25) is 0 Å². The van der Waals surface area contributed by atoms with E-state index in [0.29, 0.717) is 33.5 Å². The molecule has 0 fully saturated rings. The van der Waals surface area contributed by atoms with Crippen LogP contribution < -0.4 is 10.1 Å².